The molecule has 25 heavy (non-hydrogen) atoms. The molecule has 0 aliphatic carbocycles. The van der Waals surface area contributed by atoms with Crippen LogP contribution in [0.5, 0.6) is 5.75 Å². The summed E-state index contributed by atoms with van der Waals surface area (Å²) >= 11 is 0. The molecule has 0 saturated heterocycles. The van der Waals surface area contributed by atoms with Crippen LogP contribution in [0.25, 0.3) is 11.1 Å². The van der Waals surface area contributed by atoms with Gasteiger partial charge in [-0.2, -0.15) is 0 Å². The highest BCUT2D eigenvalue weighted by atomic mass is 16.5. The smallest absolute Gasteiger partial charge is 0.118 e. The fourth-order valence-corrected chi connectivity index (χ4v) is 3.05. The first kappa shape index (κ1) is 21.3. The lowest BCUT2D eigenvalue weighted by atomic mass is 9.82. The Morgan fingerprint density at radius 1 is 0.680 bits per heavy atom. The molecule has 0 fully saturated rings. The molecule has 2 aromatic rings. The fourth-order valence-electron chi connectivity index (χ4n) is 3.05. The lowest BCUT2D eigenvalue weighted by molar-refractivity contribution is 0.415. The largest absolute Gasteiger partial charge is 0.497 e. The molecule has 0 saturated carbocycles. The lowest BCUT2D eigenvalue weighted by Crippen LogP contribution is -2.03. The van der Waals surface area contributed by atoms with Crippen LogP contribution in [0, 0.1) is 0 Å². The van der Waals surface area contributed by atoms with Gasteiger partial charge in [0, 0.05) is 0 Å². The molecule has 0 atom stereocenters. The van der Waals surface area contributed by atoms with Crippen LogP contribution in [0.4, 0.5) is 0 Å². The zero-order valence-electron chi connectivity index (χ0n) is 17.6. The Balaban J connectivity index is 0.00000151. The van der Waals surface area contributed by atoms with Gasteiger partial charge in [0.15, 0.2) is 0 Å². The van der Waals surface area contributed by atoms with E-state index >= 15 is 0 Å². The van der Waals surface area contributed by atoms with Gasteiger partial charge in [0.1, 0.15) is 5.75 Å². The van der Waals surface area contributed by atoms with Crippen LogP contribution in [0.15, 0.2) is 36.4 Å². The van der Waals surface area contributed by atoms with Crippen molar-refractivity contribution >= 4 is 0 Å². The molecule has 0 spiro atoms. The molecule has 2 rings (SSSR count). The van der Waals surface area contributed by atoms with Gasteiger partial charge in [0.05, 0.1) is 7.11 Å². The zero-order chi connectivity index (χ0) is 19.1. The second kappa shape index (κ2) is 9.65. The minimum absolute atomic E-state index is 0.503. The summed E-state index contributed by atoms with van der Waals surface area (Å²) in [4.78, 5) is 0. The van der Waals surface area contributed by atoms with Crippen LogP contribution >= 0.6 is 0 Å². The van der Waals surface area contributed by atoms with E-state index in [9.17, 15) is 0 Å². The Kier molecular flexibility index (Phi) is 8.22. The second-order valence-electron chi connectivity index (χ2n) is 7.27. The third-order valence-corrected chi connectivity index (χ3v) is 4.51. The van der Waals surface area contributed by atoms with Gasteiger partial charge in [-0.05, 0) is 57.7 Å². The Bertz CT molecular complexity index is 619. The third-order valence-electron chi connectivity index (χ3n) is 4.51. The summed E-state index contributed by atoms with van der Waals surface area (Å²) < 4.78 is 5.31. The topological polar surface area (TPSA) is 9.23 Å². The molecule has 138 valence electrons. The van der Waals surface area contributed by atoms with Gasteiger partial charge in [0.25, 0.3) is 0 Å². The van der Waals surface area contributed by atoms with Gasteiger partial charge in [-0.25, -0.2) is 0 Å². The molecular weight excluding hydrogens is 304 g/mol. The highest BCUT2D eigenvalue weighted by molar-refractivity contribution is 5.73. The van der Waals surface area contributed by atoms with Crippen molar-refractivity contribution in [3.05, 3.63) is 53.1 Å². The SMILES string of the molecule is CC.COc1ccc(-c2c(C(C)C)cc(C(C)C)cc2C(C)C)cc1. The number of methoxy groups -OCH3 is 1. The van der Waals surface area contributed by atoms with Crippen molar-refractivity contribution in [3.63, 3.8) is 0 Å². The van der Waals surface area contributed by atoms with Crippen molar-refractivity contribution in [2.24, 2.45) is 0 Å². The van der Waals surface area contributed by atoms with E-state index in [4.69, 9.17) is 4.74 Å². The predicted molar refractivity (Wildman–Crippen MR) is 112 cm³/mol. The van der Waals surface area contributed by atoms with E-state index in [1.54, 1.807) is 7.11 Å². The minimum atomic E-state index is 0.503. The summed E-state index contributed by atoms with van der Waals surface area (Å²) in [6.07, 6.45) is 0. The van der Waals surface area contributed by atoms with Gasteiger partial charge in [-0.15, -0.1) is 0 Å². The van der Waals surface area contributed by atoms with Crippen molar-refractivity contribution in [2.45, 2.75) is 73.1 Å². The molecule has 0 heterocycles. The van der Waals surface area contributed by atoms with E-state index in [1.165, 1.54) is 27.8 Å². The minimum Gasteiger partial charge on any atom is -0.497 e. The number of ether oxygens (including phenoxy) is 1. The molecule has 0 aromatic heterocycles. The molecule has 0 aliphatic rings. The molecule has 0 N–H and O–H groups in total. The van der Waals surface area contributed by atoms with Crippen LogP contribution in [-0.2, 0) is 0 Å². The standard InChI is InChI=1S/C22H30O.C2H6/c1-14(2)18-12-20(15(3)4)22(21(13-18)16(5)6)17-8-10-19(23-7)11-9-17;1-2/h8-16H,1-7H3;1-2H3. The summed E-state index contributed by atoms with van der Waals surface area (Å²) in [5.41, 5.74) is 7.03. The molecule has 0 amide bonds. The van der Waals surface area contributed by atoms with E-state index in [0.29, 0.717) is 17.8 Å². The van der Waals surface area contributed by atoms with Crippen LogP contribution < -0.4 is 4.74 Å². The van der Waals surface area contributed by atoms with Crippen LogP contribution in [0.3, 0.4) is 0 Å². The Labute approximate surface area is 155 Å². The average Bonchev–Trinajstić information content (AvgIpc) is 2.62. The normalized spacial score (nSPS) is 10.9. The van der Waals surface area contributed by atoms with Crippen molar-refractivity contribution in [1.82, 2.24) is 0 Å². The molecule has 1 nitrogen and oxygen atoms in total. The van der Waals surface area contributed by atoms with Crippen molar-refractivity contribution in [2.75, 3.05) is 7.11 Å². The van der Waals surface area contributed by atoms with E-state index in [-0.39, 0.29) is 0 Å². The summed E-state index contributed by atoms with van der Waals surface area (Å²) in [6.45, 7) is 17.7. The van der Waals surface area contributed by atoms with Crippen molar-refractivity contribution < 1.29 is 4.74 Å². The molecule has 0 aliphatic heterocycles. The van der Waals surface area contributed by atoms with Gasteiger partial charge in [-0.3, -0.25) is 0 Å². The highest BCUT2D eigenvalue weighted by Gasteiger charge is 2.18. The van der Waals surface area contributed by atoms with Crippen LogP contribution in [-0.4, -0.2) is 7.11 Å². The Morgan fingerprint density at radius 3 is 1.44 bits per heavy atom. The van der Waals surface area contributed by atoms with E-state index in [0.717, 1.165) is 5.75 Å². The number of benzene rings is 2. The van der Waals surface area contributed by atoms with Crippen molar-refractivity contribution in [3.8, 4) is 16.9 Å². The van der Waals surface area contributed by atoms with E-state index < -0.39 is 0 Å². The second-order valence-corrected chi connectivity index (χ2v) is 7.27. The predicted octanol–water partition coefficient (Wildman–Crippen LogP) is 7.76. The summed E-state index contributed by atoms with van der Waals surface area (Å²) in [5.74, 6) is 2.46. The van der Waals surface area contributed by atoms with E-state index in [2.05, 4.69) is 77.9 Å². The average molecular weight is 341 g/mol. The summed E-state index contributed by atoms with van der Waals surface area (Å²) in [6, 6.07) is 13.3. The molecule has 2 aromatic carbocycles. The first-order valence-electron chi connectivity index (χ1n) is 9.67. The van der Waals surface area contributed by atoms with Gasteiger partial charge in [-0.1, -0.05) is 79.7 Å². The summed E-state index contributed by atoms with van der Waals surface area (Å²) in [5, 5.41) is 0. The Hall–Kier alpha value is -1.76. The van der Waals surface area contributed by atoms with E-state index in [1.807, 2.05) is 13.8 Å². The number of rotatable bonds is 5. The molecule has 1 heteroatoms. The van der Waals surface area contributed by atoms with Crippen LogP contribution in [0.2, 0.25) is 0 Å². The molecule has 0 unspecified atom stereocenters. The third kappa shape index (κ3) is 5.11. The maximum atomic E-state index is 5.31. The first-order valence-corrected chi connectivity index (χ1v) is 9.67. The molecule has 0 bridgehead atoms. The fraction of sp³-hybridized carbons (Fsp3) is 0.500. The zero-order valence-corrected chi connectivity index (χ0v) is 17.6. The summed E-state index contributed by atoms with van der Waals surface area (Å²) in [7, 11) is 1.71. The molecule has 0 radical (unpaired) electrons. The maximum Gasteiger partial charge on any atom is 0.118 e. The quantitative estimate of drug-likeness (QED) is 0.540. The number of hydrogen-bond donors (Lipinski definition) is 0. The van der Waals surface area contributed by atoms with Crippen molar-refractivity contribution in [1.29, 1.82) is 0 Å². The lowest BCUT2D eigenvalue weighted by Gasteiger charge is -2.23. The number of hydrogen-bond acceptors (Lipinski definition) is 1. The Morgan fingerprint density at radius 2 is 1.12 bits per heavy atom. The first-order chi connectivity index (χ1) is 11.8. The van der Waals surface area contributed by atoms with Crippen LogP contribution in [0.1, 0.15) is 89.8 Å². The highest BCUT2D eigenvalue weighted by Crippen LogP contribution is 2.39. The van der Waals surface area contributed by atoms with Gasteiger partial charge < -0.3 is 4.74 Å². The van der Waals surface area contributed by atoms with Gasteiger partial charge in [0.2, 0.25) is 0 Å². The monoisotopic (exact) mass is 340 g/mol. The van der Waals surface area contributed by atoms with Gasteiger partial charge >= 0.3 is 0 Å². The molecular formula is C24H36O. The maximum absolute atomic E-state index is 5.31.